The Bertz CT molecular complexity index is 815. The summed E-state index contributed by atoms with van der Waals surface area (Å²) < 4.78 is 27.0. The smallest absolute Gasteiger partial charge is 0.255 e. The molecule has 134 valence electrons. The Labute approximate surface area is 149 Å². The topological polar surface area (TPSA) is 75.3 Å². The molecule has 6 heteroatoms. The summed E-state index contributed by atoms with van der Waals surface area (Å²) in [5.74, 6) is -0.273. The number of carbonyl (C=O) groups is 1. The van der Waals surface area contributed by atoms with Crippen LogP contribution in [0.2, 0.25) is 0 Å². The summed E-state index contributed by atoms with van der Waals surface area (Å²) in [5, 5.41) is 2.80. The second-order valence-electron chi connectivity index (χ2n) is 5.95. The van der Waals surface area contributed by atoms with Crippen LogP contribution < -0.4 is 10.0 Å². The van der Waals surface area contributed by atoms with Crippen molar-refractivity contribution in [3.05, 3.63) is 59.7 Å². The van der Waals surface area contributed by atoms with Crippen LogP contribution in [-0.2, 0) is 10.0 Å². The van der Waals surface area contributed by atoms with Crippen molar-refractivity contribution < 1.29 is 13.2 Å². The fraction of sp³-hybridized carbons (Fsp3) is 0.316. The second kappa shape index (κ2) is 8.78. The third kappa shape index (κ3) is 5.69. The quantitative estimate of drug-likeness (QED) is 0.705. The predicted molar refractivity (Wildman–Crippen MR) is 100 cm³/mol. The lowest BCUT2D eigenvalue weighted by Gasteiger charge is -2.08. The molecule has 0 aromatic heterocycles. The van der Waals surface area contributed by atoms with Gasteiger partial charge in [-0.3, -0.25) is 4.79 Å². The van der Waals surface area contributed by atoms with Crippen LogP contribution in [0.5, 0.6) is 0 Å². The summed E-state index contributed by atoms with van der Waals surface area (Å²) in [6, 6.07) is 13.4. The van der Waals surface area contributed by atoms with Gasteiger partial charge in [-0.25, -0.2) is 13.1 Å². The number of carbonyl (C=O) groups excluding carboxylic acids is 1. The maximum atomic E-state index is 12.3. The fourth-order valence-corrected chi connectivity index (χ4v) is 3.45. The summed E-state index contributed by atoms with van der Waals surface area (Å²) in [7, 11) is -3.53. The van der Waals surface area contributed by atoms with Crippen molar-refractivity contribution in [1.29, 1.82) is 0 Å². The maximum absolute atomic E-state index is 12.3. The standard InChI is InChI=1S/C19H24N2O3S/c1-3-4-5-13-20-25(23,24)18-11-9-16(10-12-18)19(22)21-17-8-6-7-15(2)14-17/h6-12,14,20H,3-5,13H2,1-2H3,(H,21,22). The van der Waals surface area contributed by atoms with Crippen LogP contribution in [0.3, 0.4) is 0 Å². The third-order valence-electron chi connectivity index (χ3n) is 3.78. The monoisotopic (exact) mass is 360 g/mol. The van der Waals surface area contributed by atoms with Gasteiger partial charge in [0, 0.05) is 17.8 Å². The summed E-state index contributed by atoms with van der Waals surface area (Å²) in [4.78, 5) is 12.4. The minimum Gasteiger partial charge on any atom is -0.322 e. The molecule has 0 saturated heterocycles. The van der Waals surface area contributed by atoms with Crippen molar-refractivity contribution in [2.75, 3.05) is 11.9 Å². The van der Waals surface area contributed by atoms with Crippen molar-refractivity contribution in [1.82, 2.24) is 4.72 Å². The summed E-state index contributed by atoms with van der Waals surface area (Å²) in [6.45, 7) is 4.43. The Kier molecular flexibility index (Phi) is 6.73. The van der Waals surface area contributed by atoms with Gasteiger partial charge in [-0.05, 0) is 55.3 Å². The number of hydrogen-bond donors (Lipinski definition) is 2. The minimum atomic E-state index is -3.53. The molecule has 0 unspecified atom stereocenters. The summed E-state index contributed by atoms with van der Waals surface area (Å²) in [6.07, 6.45) is 2.83. The van der Waals surface area contributed by atoms with E-state index in [4.69, 9.17) is 0 Å². The lowest BCUT2D eigenvalue weighted by molar-refractivity contribution is 0.102. The van der Waals surface area contributed by atoms with E-state index in [-0.39, 0.29) is 10.8 Å². The van der Waals surface area contributed by atoms with Gasteiger partial charge in [-0.15, -0.1) is 0 Å². The van der Waals surface area contributed by atoms with Crippen LogP contribution in [-0.4, -0.2) is 20.9 Å². The van der Waals surface area contributed by atoms with E-state index in [0.717, 1.165) is 24.8 Å². The van der Waals surface area contributed by atoms with Crippen LogP contribution in [0.4, 0.5) is 5.69 Å². The molecule has 0 saturated carbocycles. The first-order chi connectivity index (χ1) is 11.9. The zero-order valence-corrected chi connectivity index (χ0v) is 15.4. The van der Waals surface area contributed by atoms with E-state index in [1.165, 1.54) is 24.3 Å². The number of hydrogen-bond acceptors (Lipinski definition) is 3. The zero-order valence-electron chi connectivity index (χ0n) is 14.6. The van der Waals surface area contributed by atoms with Gasteiger partial charge in [0.1, 0.15) is 0 Å². The van der Waals surface area contributed by atoms with E-state index in [9.17, 15) is 13.2 Å². The highest BCUT2D eigenvalue weighted by Gasteiger charge is 2.14. The Morgan fingerprint density at radius 3 is 2.40 bits per heavy atom. The van der Waals surface area contributed by atoms with Crippen molar-refractivity contribution in [2.45, 2.75) is 38.0 Å². The molecule has 2 N–H and O–H groups in total. The van der Waals surface area contributed by atoms with Crippen molar-refractivity contribution in [3.63, 3.8) is 0 Å². The average Bonchev–Trinajstić information content (AvgIpc) is 2.59. The SMILES string of the molecule is CCCCCNS(=O)(=O)c1ccc(C(=O)Nc2cccc(C)c2)cc1. The largest absolute Gasteiger partial charge is 0.322 e. The lowest BCUT2D eigenvalue weighted by Crippen LogP contribution is -2.24. The van der Waals surface area contributed by atoms with Crippen LogP contribution in [0.25, 0.3) is 0 Å². The molecule has 1 amide bonds. The molecule has 0 spiro atoms. The number of aryl methyl sites for hydroxylation is 1. The number of sulfonamides is 1. The molecule has 0 fully saturated rings. The van der Waals surface area contributed by atoms with E-state index < -0.39 is 10.0 Å². The van der Waals surface area contributed by atoms with Gasteiger partial charge < -0.3 is 5.32 Å². The molecule has 2 aromatic rings. The molecular formula is C19H24N2O3S. The zero-order chi connectivity index (χ0) is 18.3. The molecule has 2 aromatic carbocycles. The fourth-order valence-electron chi connectivity index (χ4n) is 2.38. The highest BCUT2D eigenvalue weighted by Crippen LogP contribution is 2.14. The molecule has 0 bridgehead atoms. The molecule has 0 heterocycles. The van der Waals surface area contributed by atoms with E-state index in [2.05, 4.69) is 17.0 Å². The molecule has 0 radical (unpaired) electrons. The first-order valence-electron chi connectivity index (χ1n) is 8.40. The number of benzene rings is 2. The highest BCUT2D eigenvalue weighted by atomic mass is 32.2. The molecule has 0 aliphatic heterocycles. The number of rotatable bonds is 8. The first kappa shape index (κ1) is 19.1. The maximum Gasteiger partial charge on any atom is 0.255 e. The second-order valence-corrected chi connectivity index (χ2v) is 7.72. The average molecular weight is 360 g/mol. The normalized spacial score (nSPS) is 11.3. The number of anilines is 1. The Balaban J connectivity index is 2.02. The van der Waals surface area contributed by atoms with Gasteiger partial charge in [-0.2, -0.15) is 0 Å². The van der Waals surface area contributed by atoms with E-state index in [1.807, 2.05) is 31.2 Å². The molecule has 2 rings (SSSR count). The van der Waals surface area contributed by atoms with Crippen molar-refractivity contribution in [2.24, 2.45) is 0 Å². The third-order valence-corrected chi connectivity index (χ3v) is 5.25. The van der Waals surface area contributed by atoms with E-state index in [1.54, 1.807) is 0 Å². The molecule has 5 nitrogen and oxygen atoms in total. The van der Waals surface area contributed by atoms with Crippen LogP contribution in [0.15, 0.2) is 53.4 Å². The number of amides is 1. The molecule has 0 aliphatic rings. The van der Waals surface area contributed by atoms with Gasteiger partial charge >= 0.3 is 0 Å². The number of nitrogens with one attached hydrogen (secondary N) is 2. The van der Waals surface area contributed by atoms with Crippen molar-refractivity contribution >= 4 is 21.6 Å². The molecular weight excluding hydrogens is 336 g/mol. The van der Waals surface area contributed by atoms with E-state index in [0.29, 0.717) is 17.8 Å². The minimum absolute atomic E-state index is 0.163. The van der Waals surface area contributed by atoms with Gasteiger partial charge in [0.05, 0.1) is 4.90 Å². The highest BCUT2D eigenvalue weighted by molar-refractivity contribution is 7.89. The lowest BCUT2D eigenvalue weighted by atomic mass is 10.2. The summed E-state index contributed by atoms with van der Waals surface area (Å²) >= 11 is 0. The molecule has 25 heavy (non-hydrogen) atoms. The van der Waals surface area contributed by atoms with Crippen molar-refractivity contribution in [3.8, 4) is 0 Å². The predicted octanol–water partition coefficient (Wildman–Crippen LogP) is 3.72. The number of unbranched alkanes of at least 4 members (excludes halogenated alkanes) is 2. The van der Waals surface area contributed by atoms with Gasteiger partial charge in [0.25, 0.3) is 5.91 Å². The Hall–Kier alpha value is -2.18. The van der Waals surface area contributed by atoms with Crippen LogP contribution >= 0.6 is 0 Å². The Morgan fingerprint density at radius 1 is 1.04 bits per heavy atom. The first-order valence-corrected chi connectivity index (χ1v) is 9.88. The van der Waals surface area contributed by atoms with Gasteiger partial charge in [-0.1, -0.05) is 31.9 Å². The van der Waals surface area contributed by atoms with Gasteiger partial charge in [0.2, 0.25) is 10.0 Å². The summed E-state index contributed by atoms with van der Waals surface area (Å²) in [5.41, 5.74) is 2.17. The molecule has 0 atom stereocenters. The molecule has 0 aliphatic carbocycles. The van der Waals surface area contributed by atoms with Crippen LogP contribution in [0, 0.1) is 6.92 Å². The van der Waals surface area contributed by atoms with Crippen LogP contribution in [0.1, 0.15) is 42.1 Å². The Morgan fingerprint density at radius 2 is 1.76 bits per heavy atom. The van der Waals surface area contributed by atoms with Gasteiger partial charge in [0.15, 0.2) is 0 Å². The van der Waals surface area contributed by atoms with E-state index >= 15 is 0 Å².